The predicted octanol–water partition coefficient (Wildman–Crippen LogP) is 1.35. The van der Waals surface area contributed by atoms with Gasteiger partial charge in [0.05, 0.1) is 7.11 Å². The van der Waals surface area contributed by atoms with E-state index in [1.807, 2.05) is 12.1 Å². The van der Waals surface area contributed by atoms with Gasteiger partial charge in [0.2, 0.25) is 0 Å². The number of hydroxylamine groups is 1. The molecule has 1 rings (SSSR count). The molecule has 1 aromatic rings. The first-order chi connectivity index (χ1) is 6.33. The number of benzene rings is 1. The normalized spacial score (nSPS) is 10.2. The smallest absolute Gasteiger partial charge is 0.0572 e. The molecule has 0 saturated carbocycles. The minimum atomic E-state index is 0.818. The van der Waals surface area contributed by atoms with E-state index in [0.29, 0.717) is 0 Å². The standard InChI is InChI=1S/C10H16N2O/c1-13-12-8-2-3-9-4-6-10(11)7-5-9/h4-7,12H,2-3,8,11H2,1H3. The van der Waals surface area contributed by atoms with E-state index in [4.69, 9.17) is 10.6 Å². The Morgan fingerprint density at radius 2 is 2.00 bits per heavy atom. The van der Waals surface area contributed by atoms with Crippen molar-refractivity contribution in [3.8, 4) is 0 Å². The fraction of sp³-hybridized carbons (Fsp3) is 0.400. The molecule has 0 bridgehead atoms. The zero-order valence-corrected chi connectivity index (χ0v) is 7.92. The Morgan fingerprint density at radius 1 is 1.31 bits per heavy atom. The summed E-state index contributed by atoms with van der Waals surface area (Å²) in [6.45, 7) is 0.876. The van der Waals surface area contributed by atoms with Crippen LogP contribution in [0, 0.1) is 0 Å². The first-order valence-corrected chi connectivity index (χ1v) is 4.43. The Balaban J connectivity index is 2.25. The molecule has 0 aliphatic rings. The summed E-state index contributed by atoms with van der Waals surface area (Å²) in [4.78, 5) is 4.73. The lowest BCUT2D eigenvalue weighted by Crippen LogP contribution is -2.13. The molecule has 1 aromatic carbocycles. The van der Waals surface area contributed by atoms with Crippen LogP contribution < -0.4 is 11.2 Å². The van der Waals surface area contributed by atoms with E-state index >= 15 is 0 Å². The average molecular weight is 180 g/mol. The van der Waals surface area contributed by atoms with Gasteiger partial charge >= 0.3 is 0 Å². The second-order valence-corrected chi connectivity index (χ2v) is 2.94. The van der Waals surface area contributed by atoms with Gasteiger partial charge < -0.3 is 10.6 Å². The Labute approximate surface area is 78.8 Å². The van der Waals surface area contributed by atoms with Crippen LogP contribution in [0.2, 0.25) is 0 Å². The number of hydrogen-bond donors (Lipinski definition) is 2. The molecule has 72 valence electrons. The van der Waals surface area contributed by atoms with Crippen LogP contribution in [-0.2, 0) is 11.3 Å². The van der Waals surface area contributed by atoms with Crippen LogP contribution in [-0.4, -0.2) is 13.7 Å². The molecule has 3 heteroatoms. The maximum absolute atomic E-state index is 5.57. The molecule has 0 amide bonds. The van der Waals surface area contributed by atoms with Crippen molar-refractivity contribution in [1.82, 2.24) is 5.48 Å². The number of aryl methyl sites for hydroxylation is 1. The zero-order valence-electron chi connectivity index (χ0n) is 7.92. The highest BCUT2D eigenvalue weighted by atomic mass is 16.6. The lowest BCUT2D eigenvalue weighted by molar-refractivity contribution is 0.0911. The van der Waals surface area contributed by atoms with Crippen molar-refractivity contribution in [1.29, 1.82) is 0 Å². The van der Waals surface area contributed by atoms with Crippen molar-refractivity contribution in [3.63, 3.8) is 0 Å². The minimum Gasteiger partial charge on any atom is -0.399 e. The summed E-state index contributed by atoms with van der Waals surface area (Å²) in [7, 11) is 1.63. The summed E-state index contributed by atoms with van der Waals surface area (Å²) in [5, 5.41) is 0. The van der Waals surface area contributed by atoms with E-state index in [-0.39, 0.29) is 0 Å². The van der Waals surface area contributed by atoms with Crippen molar-refractivity contribution in [2.75, 3.05) is 19.4 Å². The van der Waals surface area contributed by atoms with Crippen LogP contribution >= 0.6 is 0 Å². The van der Waals surface area contributed by atoms with E-state index in [2.05, 4.69) is 17.6 Å². The largest absolute Gasteiger partial charge is 0.399 e. The molecule has 0 aromatic heterocycles. The van der Waals surface area contributed by atoms with E-state index in [0.717, 1.165) is 25.1 Å². The molecule has 0 aliphatic carbocycles. The molecule has 3 N–H and O–H groups in total. The molecule has 0 unspecified atom stereocenters. The average Bonchev–Trinajstić information content (AvgIpc) is 2.15. The van der Waals surface area contributed by atoms with Crippen molar-refractivity contribution < 1.29 is 4.84 Å². The number of rotatable bonds is 5. The van der Waals surface area contributed by atoms with Crippen molar-refractivity contribution >= 4 is 5.69 Å². The predicted molar refractivity (Wildman–Crippen MR) is 54.2 cm³/mol. The highest BCUT2D eigenvalue weighted by Gasteiger charge is 1.92. The van der Waals surface area contributed by atoms with Gasteiger partial charge in [-0.1, -0.05) is 12.1 Å². The third-order valence-electron chi connectivity index (χ3n) is 1.87. The van der Waals surface area contributed by atoms with Crippen LogP contribution in [0.1, 0.15) is 12.0 Å². The fourth-order valence-electron chi connectivity index (χ4n) is 1.15. The summed E-state index contributed by atoms with van der Waals surface area (Å²) < 4.78 is 0. The van der Waals surface area contributed by atoms with Gasteiger partial charge in [-0.2, -0.15) is 0 Å². The van der Waals surface area contributed by atoms with E-state index in [1.54, 1.807) is 7.11 Å². The maximum Gasteiger partial charge on any atom is 0.0572 e. The van der Waals surface area contributed by atoms with Crippen LogP contribution in [0.3, 0.4) is 0 Å². The Hall–Kier alpha value is -1.06. The van der Waals surface area contributed by atoms with Gasteiger partial charge in [-0.25, -0.2) is 5.48 Å². The number of hydrogen-bond acceptors (Lipinski definition) is 3. The Morgan fingerprint density at radius 3 is 2.62 bits per heavy atom. The number of nitrogen functional groups attached to an aromatic ring is 1. The minimum absolute atomic E-state index is 0.818. The monoisotopic (exact) mass is 180 g/mol. The second-order valence-electron chi connectivity index (χ2n) is 2.94. The molecule has 0 atom stereocenters. The second kappa shape index (κ2) is 5.56. The molecule has 3 nitrogen and oxygen atoms in total. The number of anilines is 1. The molecule has 13 heavy (non-hydrogen) atoms. The summed E-state index contributed by atoms with van der Waals surface area (Å²) in [6.07, 6.45) is 2.12. The summed E-state index contributed by atoms with van der Waals surface area (Å²) >= 11 is 0. The SMILES string of the molecule is CONCCCc1ccc(N)cc1. The lowest BCUT2D eigenvalue weighted by atomic mass is 10.1. The van der Waals surface area contributed by atoms with Gasteiger partial charge in [0.1, 0.15) is 0 Å². The number of nitrogens with two attached hydrogens (primary N) is 1. The topological polar surface area (TPSA) is 47.3 Å². The third kappa shape index (κ3) is 3.92. The Bertz CT molecular complexity index is 233. The van der Waals surface area contributed by atoms with Crippen molar-refractivity contribution in [3.05, 3.63) is 29.8 Å². The van der Waals surface area contributed by atoms with Crippen LogP contribution in [0.5, 0.6) is 0 Å². The first kappa shape index (κ1) is 10.0. The van der Waals surface area contributed by atoms with Gasteiger partial charge in [0.15, 0.2) is 0 Å². The van der Waals surface area contributed by atoms with Gasteiger partial charge in [0.25, 0.3) is 0 Å². The summed E-state index contributed by atoms with van der Waals surface area (Å²) in [5.41, 5.74) is 10.5. The molecule has 0 saturated heterocycles. The molecule has 0 aliphatic heterocycles. The van der Waals surface area contributed by atoms with Crippen molar-refractivity contribution in [2.45, 2.75) is 12.8 Å². The number of nitrogens with one attached hydrogen (secondary N) is 1. The van der Waals surface area contributed by atoms with Gasteiger partial charge in [-0.3, -0.25) is 0 Å². The van der Waals surface area contributed by atoms with E-state index in [1.165, 1.54) is 5.56 Å². The van der Waals surface area contributed by atoms with Gasteiger partial charge in [-0.15, -0.1) is 0 Å². The highest BCUT2D eigenvalue weighted by Crippen LogP contribution is 2.06. The molecule has 0 spiro atoms. The van der Waals surface area contributed by atoms with Crippen LogP contribution in [0.25, 0.3) is 0 Å². The summed E-state index contributed by atoms with van der Waals surface area (Å²) in [6, 6.07) is 7.97. The van der Waals surface area contributed by atoms with Gasteiger partial charge in [0, 0.05) is 12.2 Å². The molecule has 0 radical (unpaired) electrons. The molecule has 0 heterocycles. The third-order valence-corrected chi connectivity index (χ3v) is 1.87. The fourth-order valence-corrected chi connectivity index (χ4v) is 1.15. The maximum atomic E-state index is 5.57. The summed E-state index contributed by atoms with van der Waals surface area (Å²) in [5.74, 6) is 0. The lowest BCUT2D eigenvalue weighted by Gasteiger charge is -2.02. The van der Waals surface area contributed by atoms with Crippen LogP contribution in [0.4, 0.5) is 5.69 Å². The zero-order chi connectivity index (χ0) is 9.52. The van der Waals surface area contributed by atoms with Gasteiger partial charge in [-0.05, 0) is 30.5 Å². The van der Waals surface area contributed by atoms with Crippen LogP contribution in [0.15, 0.2) is 24.3 Å². The first-order valence-electron chi connectivity index (χ1n) is 4.43. The van der Waals surface area contributed by atoms with E-state index in [9.17, 15) is 0 Å². The Kier molecular flexibility index (Phi) is 4.29. The molecular formula is C10H16N2O. The van der Waals surface area contributed by atoms with Crippen molar-refractivity contribution in [2.24, 2.45) is 0 Å². The highest BCUT2D eigenvalue weighted by molar-refractivity contribution is 5.39. The van der Waals surface area contributed by atoms with E-state index < -0.39 is 0 Å². The quantitative estimate of drug-likeness (QED) is 0.408. The molecule has 0 fully saturated rings. The molecular weight excluding hydrogens is 164 g/mol.